The van der Waals surface area contributed by atoms with Crippen LogP contribution in [-0.4, -0.2) is 24.2 Å². The maximum Gasteiger partial charge on any atom is 0.435 e. The molecule has 3 aromatic carbocycles. The molecule has 17 heteroatoms. The fourth-order valence-corrected chi connectivity index (χ4v) is 4.19. The first-order valence-electron chi connectivity index (χ1n) is 10.6. The van der Waals surface area contributed by atoms with Crippen LogP contribution < -0.4 is 10.6 Å². The predicted molar refractivity (Wildman–Crippen MR) is 123 cm³/mol. The van der Waals surface area contributed by atoms with Gasteiger partial charge in [0.1, 0.15) is 5.82 Å². The molecule has 2 amide bonds. The lowest BCUT2D eigenvalue weighted by Gasteiger charge is -2.32. The van der Waals surface area contributed by atoms with E-state index in [0.29, 0.717) is 6.07 Å². The van der Waals surface area contributed by atoms with Crippen molar-refractivity contribution in [3.05, 3.63) is 93.0 Å². The Morgan fingerprint density at radius 2 is 1.24 bits per heavy atom. The summed E-state index contributed by atoms with van der Waals surface area (Å²) in [5.74, 6) is -5.36. The Morgan fingerprint density at radius 1 is 0.683 bits per heavy atom. The molecule has 0 fully saturated rings. The van der Waals surface area contributed by atoms with E-state index in [4.69, 9.17) is 0 Å². The summed E-state index contributed by atoms with van der Waals surface area (Å²) < 4.78 is 162. The van der Waals surface area contributed by atoms with E-state index in [1.165, 1.54) is 5.32 Å². The van der Waals surface area contributed by atoms with Gasteiger partial charge in [0.25, 0.3) is 11.8 Å². The molecule has 0 aliphatic rings. The number of amides is 2. The van der Waals surface area contributed by atoms with Gasteiger partial charge in [0.2, 0.25) is 0 Å². The average molecular weight is 667 g/mol. The van der Waals surface area contributed by atoms with E-state index < -0.39 is 86.3 Å². The summed E-state index contributed by atoms with van der Waals surface area (Å²) >= 11 is 2.11. The summed E-state index contributed by atoms with van der Waals surface area (Å²) in [5.41, 5.74) is -14.6. The molecule has 0 saturated carbocycles. The minimum absolute atomic E-state index is 0.307. The Hall–Kier alpha value is -3.76. The van der Waals surface area contributed by atoms with Crippen molar-refractivity contribution < 1.29 is 62.3 Å². The minimum atomic E-state index is -6.71. The second-order valence-electron chi connectivity index (χ2n) is 8.09. The maximum atomic E-state index is 15.1. The van der Waals surface area contributed by atoms with Crippen LogP contribution in [0.2, 0.25) is 0 Å². The summed E-state index contributed by atoms with van der Waals surface area (Å²) in [7, 11) is 0. The molecule has 0 saturated heterocycles. The van der Waals surface area contributed by atoms with Crippen LogP contribution in [-0.2, 0) is 11.8 Å². The molecule has 0 spiro atoms. The highest BCUT2D eigenvalue weighted by Gasteiger charge is 2.74. The van der Waals surface area contributed by atoms with Crippen LogP contribution in [0.15, 0.2) is 59.1 Å². The highest BCUT2D eigenvalue weighted by molar-refractivity contribution is 9.10. The third-order valence-corrected chi connectivity index (χ3v) is 6.24. The normalized spacial score (nSPS) is 12.7. The van der Waals surface area contributed by atoms with E-state index in [2.05, 4.69) is 15.9 Å². The third-order valence-electron chi connectivity index (χ3n) is 5.42. The molecular weight excluding hydrogens is 656 g/mol. The van der Waals surface area contributed by atoms with Crippen LogP contribution in [0.4, 0.5) is 64.1 Å². The van der Waals surface area contributed by atoms with Gasteiger partial charge in [0, 0.05) is 15.6 Å². The lowest BCUT2D eigenvalue weighted by Crippen LogP contribution is -2.50. The number of nitrogens with one attached hydrogen (secondary N) is 2. The molecule has 0 unspecified atom stereocenters. The molecule has 3 aromatic rings. The van der Waals surface area contributed by atoms with E-state index in [1.807, 2.05) is 5.32 Å². The van der Waals surface area contributed by atoms with Crippen molar-refractivity contribution in [1.82, 2.24) is 0 Å². The zero-order valence-electron chi connectivity index (χ0n) is 19.4. The molecule has 0 aromatic heterocycles. The molecular formula is C24H11BrF12N2O2. The molecule has 0 atom stereocenters. The second kappa shape index (κ2) is 10.9. The quantitative estimate of drug-likeness (QED) is 0.268. The molecule has 0 aliphatic carbocycles. The fourth-order valence-electron chi connectivity index (χ4n) is 3.48. The van der Waals surface area contributed by atoms with Gasteiger partial charge in [-0.3, -0.25) is 9.59 Å². The van der Waals surface area contributed by atoms with E-state index in [-0.39, 0.29) is 11.6 Å². The standard InChI is InChI=1S/C24H11BrF12N2O2/c25-16-13(21(28,23(32,33)34)24(35,36)37)7-8-14(22(29,30)31)18(16)39-20(41)12-5-2-6-15(17(12)27)38-19(40)10-3-1-4-11(26)9-10/h1-9H,(H,38,40)(H,39,41). The number of halogens is 13. The Bertz CT molecular complexity index is 1490. The number of hydrogen-bond donors (Lipinski definition) is 2. The number of anilines is 2. The SMILES string of the molecule is O=C(Nc1cccc(C(=O)Nc2c(C(F)(F)F)ccc(C(F)(C(F)(F)F)C(F)(F)F)c2Br)c1F)c1cccc(F)c1. The Balaban J connectivity index is 2.09. The first-order valence-corrected chi connectivity index (χ1v) is 11.4. The van der Waals surface area contributed by atoms with Gasteiger partial charge in [-0.05, 0) is 52.3 Å². The van der Waals surface area contributed by atoms with E-state index in [9.17, 15) is 57.9 Å². The van der Waals surface area contributed by atoms with Crippen molar-refractivity contribution >= 4 is 39.1 Å². The van der Waals surface area contributed by atoms with Gasteiger partial charge in [-0.1, -0.05) is 18.2 Å². The van der Waals surface area contributed by atoms with Gasteiger partial charge in [0.05, 0.1) is 22.5 Å². The number of hydrogen-bond acceptors (Lipinski definition) is 2. The number of rotatable bonds is 5. The van der Waals surface area contributed by atoms with Crippen molar-refractivity contribution in [2.45, 2.75) is 24.2 Å². The monoisotopic (exact) mass is 666 g/mol. The zero-order chi connectivity index (χ0) is 31.1. The Morgan fingerprint density at radius 3 is 1.78 bits per heavy atom. The van der Waals surface area contributed by atoms with Crippen LogP contribution >= 0.6 is 15.9 Å². The first-order chi connectivity index (χ1) is 18.7. The largest absolute Gasteiger partial charge is 0.435 e. The Kier molecular flexibility index (Phi) is 8.45. The van der Waals surface area contributed by atoms with Gasteiger partial charge in [-0.15, -0.1) is 0 Å². The van der Waals surface area contributed by atoms with Gasteiger partial charge in [-0.25, -0.2) is 13.2 Å². The second-order valence-corrected chi connectivity index (χ2v) is 8.88. The highest BCUT2D eigenvalue weighted by atomic mass is 79.9. The van der Waals surface area contributed by atoms with Crippen molar-refractivity contribution in [3.8, 4) is 0 Å². The molecule has 0 radical (unpaired) electrons. The zero-order valence-corrected chi connectivity index (χ0v) is 21.0. The van der Waals surface area contributed by atoms with E-state index in [0.717, 1.165) is 36.4 Å². The average Bonchev–Trinajstić information content (AvgIpc) is 2.83. The van der Waals surface area contributed by atoms with Crippen molar-refractivity contribution in [1.29, 1.82) is 0 Å². The number of carbonyl (C=O) groups excluding carboxylic acids is 2. The van der Waals surface area contributed by atoms with Gasteiger partial charge in [-0.2, -0.15) is 39.5 Å². The molecule has 3 rings (SSSR count). The lowest BCUT2D eigenvalue weighted by atomic mass is 9.92. The fraction of sp³-hybridized carbons (Fsp3) is 0.167. The molecule has 0 bridgehead atoms. The topological polar surface area (TPSA) is 58.2 Å². The van der Waals surface area contributed by atoms with Gasteiger partial charge >= 0.3 is 24.2 Å². The maximum absolute atomic E-state index is 15.1. The Labute approximate surface area is 229 Å². The van der Waals surface area contributed by atoms with Gasteiger partial charge < -0.3 is 10.6 Å². The molecule has 0 heterocycles. The van der Waals surface area contributed by atoms with Crippen molar-refractivity contribution in [2.75, 3.05) is 10.6 Å². The highest BCUT2D eigenvalue weighted by Crippen LogP contribution is 2.56. The molecule has 41 heavy (non-hydrogen) atoms. The smallest absolute Gasteiger partial charge is 0.320 e. The third kappa shape index (κ3) is 6.13. The van der Waals surface area contributed by atoms with Crippen LogP contribution in [0, 0.1) is 11.6 Å². The van der Waals surface area contributed by atoms with Gasteiger partial charge in [0.15, 0.2) is 5.82 Å². The molecule has 0 aliphatic heterocycles. The van der Waals surface area contributed by atoms with Crippen LogP contribution in [0.3, 0.4) is 0 Å². The number of alkyl halides is 10. The van der Waals surface area contributed by atoms with Crippen molar-refractivity contribution in [3.63, 3.8) is 0 Å². The summed E-state index contributed by atoms with van der Waals surface area (Å²) in [6.07, 6.45) is -18.9. The van der Waals surface area contributed by atoms with Crippen LogP contribution in [0.1, 0.15) is 31.8 Å². The predicted octanol–water partition coefficient (Wildman–Crippen LogP) is 8.54. The summed E-state index contributed by atoms with van der Waals surface area (Å²) in [4.78, 5) is 25.0. The summed E-state index contributed by atoms with van der Waals surface area (Å²) in [6, 6.07) is 5.72. The summed E-state index contributed by atoms with van der Waals surface area (Å²) in [6.45, 7) is 0. The van der Waals surface area contributed by atoms with Crippen LogP contribution in [0.25, 0.3) is 0 Å². The lowest BCUT2D eigenvalue weighted by molar-refractivity contribution is -0.348. The van der Waals surface area contributed by atoms with E-state index >= 15 is 4.39 Å². The van der Waals surface area contributed by atoms with Crippen molar-refractivity contribution in [2.24, 2.45) is 0 Å². The molecule has 2 N–H and O–H groups in total. The first kappa shape index (κ1) is 31.8. The van der Waals surface area contributed by atoms with E-state index in [1.54, 1.807) is 0 Å². The molecule has 4 nitrogen and oxygen atoms in total. The summed E-state index contributed by atoms with van der Waals surface area (Å²) in [5, 5.41) is 3.34. The number of benzene rings is 3. The number of carbonyl (C=O) groups is 2. The minimum Gasteiger partial charge on any atom is -0.320 e. The molecule has 220 valence electrons. The van der Waals surface area contributed by atoms with Crippen LogP contribution in [0.5, 0.6) is 0 Å².